The van der Waals surface area contributed by atoms with Crippen LogP contribution in [0.15, 0.2) is 5.38 Å². The quantitative estimate of drug-likeness (QED) is 0.710. The third-order valence-electron chi connectivity index (χ3n) is 4.33. The number of thiazole rings is 1. The molecule has 1 saturated carbocycles. The molecular formula is C17H26N2O3S. The number of nitrogens with zero attached hydrogens (tertiary/aromatic N) is 2. The van der Waals surface area contributed by atoms with Crippen LogP contribution in [-0.4, -0.2) is 34.9 Å². The largest absolute Gasteiger partial charge is 0.464 e. The van der Waals surface area contributed by atoms with Crippen molar-refractivity contribution in [3.8, 4) is 0 Å². The number of carbonyl (C=O) groups excluding carboxylic acids is 2. The molecule has 0 aromatic carbocycles. The lowest BCUT2D eigenvalue weighted by Crippen LogP contribution is -2.40. The van der Waals surface area contributed by atoms with Gasteiger partial charge in [0.15, 0.2) is 5.69 Å². The van der Waals surface area contributed by atoms with Crippen LogP contribution >= 0.6 is 11.3 Å². The lowest BCUT2D eigenvalue weighted by Gasteiger charge is -2.34. The third kappa shape index (κ3) is 5.03. The van der Waals surface area contributed by atoms with Gasteiger partial charge >= 0.3 is 5.97 Å². The van der Waals surface area contributed by atoms with E-state index in [1.165, 1.54) is 37.7 Å². The molecule has 0 bridgehead atoms. The number of methoxy groups -OCH3 is 1. The van der Waals surface area contributed by atoms with Crippen LogP contribution in [-0.2, 0) is 16.1 Å². The van der Waals surface area contributed by atoms with Crippen molar-refractivity contribution in [2.45, 2.75) is 70.9 Å². The minimum atomic E-state index is -0.422. The standard InChI is InChI=1S/C17H26N2O3S/c1-3-4-10-16(20)19(13-8-6-5-7-9-13)11-15-18-14(12-23-15)17(21)22-2/h12-13H,3-11H2,1-2H3. The molecule has 0 aliphatic heterocycles. The average Bonchev–Trinajstić information content (AvgIpc) is 3.06. The van der Waals surface area contributed by atoms with Gasteiger partial charge < -0.3 is 9.64 Å². The summed E-state index contributed by atoms with van der Waals surface area (Å²) in [5, 5.41) is 2.51. The number of rotatable bonds is 7. The molecule has 128 valence electrons. The molecule has 0 saturated heterocycles. The van der Waals surface area contributed by atoms with Crippen molar-refractivity contribution < 1.29 is 14.3 Å². The first kappa shape index (κ1) is 17.9. The first-order valence-electron chi connectivity index (χ1n) is 8.48. The normalized spacial score (nSPS) is 15.4. The zero-order valence-corrected chi connectivity index (χ0v) is 14.9. The van der Waals surface area contributed by atoms with Gasteiger partial charge in [0.2, 0.25) is 5.91 Å². The SMILES string of the molecule is CCCCC(=O)N(Cc1nc(C(=O)OC)cs1)C1CCCCC1. The van der Waals surface area contributed by atoms with Crippen LogP contribution in [0.25, 0.3) is 0 Å². The number of amides is 1. The molecule has 2 rings (SSSR count). The molecule has 0 N–H and O–H groups in total. The smallest absolute Gasteiger partial charge is 0.357 e. The lowest BCUT2D eigenvalue weighted by molar-refractivity contribution is -0.135. The van der Waals surface area contributed by atoms with Crippen LogP contribution in [0.4, 0.5) is 0 Å². The van der Waals surface area contributed by atoms with Gasteiger partial charge in [-0.25, -0.2) is 9.78 Å². The van der Waals surface area contributed by atoms with Gasteiger partial charge in [0, 0.05) is 17.8 Å². The summed E-state index contributed by atoms with van der Waals surface area (Å²) in [6.07, 6.45) is 8.34. The summed E-state index contributed by atoms with van der Waals surface area (Å²) in [7, 11) is 1.35. The highest BCUT2D eigenvalue weighted by Gasteiger charge is 2.26. The van der Waals surface area contributed by atoms with Gasteiger partial charge in [-0.05, 0) is 19.3 Å². The Morgan fingerprint density at radius 3 is 2.74 bits per heavy atom. The van der Waals surface area contributed by atoms with Crippen LogP contribution in [0.2, 0.25) is 0 Å². The topological polar surface area (TPSA) is 59.5 Å². The van der Waals surface area contributed by atoms with Crippen LogP contribution in [0.1, 0.15) is 73.8 Å². The summed E-state index contributed by atoms with van der Waals surface area (Å²) in [6, 6.07) is 0.318. The molecule has 1 amide bonds. The van der Waals surface area contributed by atoms with Crippen molar-refractivity contribution in [2.75, 3.05) is 7.11 Å². The van der Waals surface area contributed by atoms with Crippen LogP contribution in [0.5, 0.6) is 0 Å². The zero-order chi connectivity index (χ0) is 16.7. The molecule has 23 heavy (non-hydrogen) atoms. The molecular weight excluding hydrogens is 312 g/mol. The van der Waals surface area contributed by atoms with E-state index in [4.69, 9.17) is 4.74 Å². The van der Waals surface area contributed by atoms with Crippen molar-refractivity contribution in [3.05, 3.63) is 16.1 Å². The van der Waals surface area contributed by atoms with E-state index in [-0.39, 0.29) is 5.91 Å². The fourth-order valence-corrected chi connectivity index (χ4v) is 3.77. The van der Waals surface area contributed by atoms with Gasteiger partial charge in [-0.2, -0.15) is 0 Å². The van der Waals surface area contributed by atoms with Gasteiger partial charge in [0.25, 0.3) is 0 Å². The number of aromatic nitrogens is 1. The molecule has 1 aromatic rings. The molecule has 1 fully saturated rings. The summed E-state index contributed by atoms with van der Waals surface area (Å²) in [5.41, 5.74) is 0.331. The molecule has 6 heteroatoms. The first-order chi connectivity index (χ1) is 11.2. The first-order valence-corrected chi connectivity index (χ1v) is 9.35. The van der Waals surface area contributed by atoms with Crippen molar-refractivity contribution in [1.82, 2.24) is 9.88 Å². The second-order valence-corrected chi connectivity index (χ2v) is 6.98. The summed E-state index contributed by atoms with van der Waals surface area (Å²) >= 11 is 1.42. The molecule has 5 nitrogen and oxygen atoms in total. The van der Waals surface area contributed by atoms with E-state index >= 15 is 0 Å². The van der Waals surface area contributed by atoms with Gasteiger partial charge in [-0.1, -0.05) is 32.6 Å². The maximum Gasteiger partial charge on any atom is 0.357 e. The Bertz CT molecular complexity index is 524. The second-order valence-electron chi connectivity index (χ2n) is 6.04. The average molecular weight is 338 g/mol. The highest BCUT2D eigenvalue weighted by molar-refractivity contribution is 7.09. The highest BCUT2D eigenvalue weighted by atomic mass is 32.1. The fraction of sp³-hybridized carbons (Fsp3) is 0.706. The predicted molar refractivity (Wildman–Crippen MR) is 90.4 cm³/mol. The van der Waals surface area contributed by atoms with E-state index in [1.54, 1.807) is 5.38 Å². The zero-order valence-electron chi connectivity index (χ0n) is 14.0. The van der Waals surface area contributed by atoms with Gasteiger partial charge in [-0.3, -0.25) is 4.79 Å². The van der Waals surface area contributed by atoms with Gasteiger partial charge in [0.05, 0.1) is 13.7 Å². The Balaban J connectivity index is 2.08. The lowest BCUT2D eigenvalue weighted by atomic mass is 9.94. The molecule has 1 aliphatic rings. The Kier molecular flexibility index (Phi) is 7.02. The van der Waals surface area contributed by atoms with Crippen molar-refractivity contribution in [2.24, 2.45) is 0 Å². The molecule has 0 atom stereocenters. The van der Waals surface area contributed by atoms with Crippen molar-refractivity contribution in [3.63, 3.8) is 0 Å². The van der Waals surface area contributed by atoms with E-state index in [1.807, 2.05) is 4.90 Å². The van der Waals surface area contributed by atoms with Crippen molar-refractivity contribution in [1.29, 1.82) is 0 Å². The number of carbonyl (C=O) groups is 2. The summed E-state index contributed by atoms with van der Waals surface area (Å²) in [4.78, 5) is 30.5. The van der Waals surface area contributed by atoms with Crippen LogP contribution in [0, 0.1) is 0 Å². The molecule has 1 heterocycles. The van der Waals surface area contributed by atoms with E-state index in [2.05, 4.69) is 11.9 Å². The summed E-state index contributed by atoms with van der Waals surface area (Å²) in [6.45, 7) is 2.61. The summed E-state index contributed by atoms with van der Waals surface area (Å²) < 4.78 is 4.70. The number of hydrogen-bond acceptors (Lipinski definition) is 5. The highest BCUT2D eigenvalue weighted by Crippen LogP contribution is 2.26. The minimum Gasteiger partial charge on any atom is -0.464 e. The van der Waals surface area contributed by atoms with E-state index in [0.717, 1.165) is 30.7 Å². The van der Waals surface area contributed by atoms with Gasteiger partial charge in [-0.15, -0.1) is 11.3 Å². The minimum absolute atomic E-state index is 0.216. The second kappa shape index (κ2) is 9.01. The van der Waals surface area contributed by atoms with Gasteiger partial charge in [0.1, 0.15) is 5.01 Å². The predicted octanol–water partition coefficient (Wildman–Crippen LogP) is 3.78. The molecule has 0 unspecified atom stereocenters. The van der Waals surface area contributed by atoms with E-state index in [0.29, 0.717) is 24.7 Å². The maximum atomic E-state index is 12.6. The summed E-state index contributed by atoms with van der Waals surface area (Å²) in [5.74, 6) is -0.206. The number of hydrogen-bond donors (Lipinski definition) is 0. The Labute approximate surface area is 142 Å². The Hall–Kier alpha value is -1.43. The number of ether oxygens (including phenoxy) is 1. The monoisotopic (exact) mass is 338 g/mol. The maximum absolute atomic E-state index is 12.6. The Morgan fingerprint density at radius 1 is 1.35 bits per heavy atom. The fourth-order valence-electron chi connectivity index (χ4n) is 3.01. The molecule has 0 spiro atoms. The van der Waals surface area contributed by atoms with E-state index < -0.39 is 5.97 Å². The van der Waals surface area contributed by atoms with E-state index in [9.17, 15) is 9.59 Å². The number of esters is 1. The molecule has 0 radical (unpaired) electrons. The third-order valence-corrected chi connectivity index (χ3v) is 5.17. The Morgan fingerprint density at radius 2 is 2.09 bits per heavy atom. The molecule has 1 aliphatic carbocycles. The van der Waals surface area contributed by atoms with Crippen LogP contribution < -0.4 is 0 Å². The molecule has 1 aromatic heterocycles. The number of unbranched alkanes of at least 4 members (excludes halogenated alkanes) is 1. The van der Waals surface area contributed by atoms with Crippen molar-refractivity contribution >= 4 is 23.2 Å². The van der Waals surface area contributed by atoms with Crippen LogP contribution in [0.3, 0.4) is 0 Å².